The van der Waals surface area contributed by atoms with Crippen LogP contribution in [0, 0.1) is 18.8 Å². The number of amides is 2. The SMILES string of the molecule is Cc1cccc(N2C(=O)[C@H]3C4c5ccccc5C(C=O)(c5ccccc54)[C@H]3C2=O)c1. The lowest BCUT2D eigenvalue weighted by Gasteiger charge is -2.51. The van der Waals surface area contributed by atoms with Crippen LogP contribution in [0.25, 0.3) is 0 Å². The first kappa shape index (κ1) is 17.3. The van der Waals surface area contributed by atoms with E-state index in [2.05, 4.69) is 0 Å². The predicted molar refractivity (Wildman–Crippen MR) is 112 cm³/mol. The molecule has 146 valence electrons. The van der Waals surface area contributed by atoms with Gasteiger partial charge in [0.1, 0.15) is 6.29 Å². The lowest BCUT2D eigenvalue weighted by Crippen LogP contribution is -2.54. The first-order valence-corrected chi connectivity index (χ1v) is 10.2. The van der Waals surface area contributed by atoms with Crippen molar-refractivity contribution in [3.8, 4) is 0 Å². The van der Waals surface area contributed by atoms with Gasteiger partial charge in [-0.1, -0.05) is 60.7 Å². The van der Waals surface area contributed by atoms with Gasteiger partial charge in [0.25, 0.3) is 0 Å². The Morgan fingerprint density at radius 1 is 0.833 bits per heavy atom. The number of hydrogen-bond donors (Lipinski definition) is 0. The molecular weight excluding hydrogens is 374 g/mol. The van der Waals surface area contributed by atoms with E-state index in [0.29, 0.717) is 5.69 Å². The van der Waals surface area contributed by atoms with Crippen molar-refractivity contribution < 1.29 is 14.4 Å². The zero-order chi connectivity index (χ0) is 20.6. The van der Waals surface area contributed by atoms with Gasteiger partial charge in [-0.15, -0.1) is 0 Å². The van der Waals surface area contributed by atoms with Crippen LogP contribution in [0.1, 0.15) is 33.7 Å². The monoisotopic (exact) mass is 393 g/mol. The normalized spacial score (nSPS) is 28.2. The maximum Gasteiger partial charge on any atom is 0.239 e. The molecule has 0 N–H and O–H groups in total. The van der Waals surface area contributed by atoms with Gasteiger partial charge in [-0.25, -0.2) is 4.90 Å². The van der Waals surface area contributed by atoms with E-state index in [1.165, 1.54) is 4.90 Å². The van der Waals surface area contributed by atoms with Crippen LogP contribution in [0.3, 0.4) is 0 Å². The summed E-state index contributed by atoms with van der Waals surface area (Å²) in [7, 11) is 0. The largest absolute Gasteiger partial charge is 0.302 e. The number of rotatable bonds is 2. The topological polar surface area (TPSA) is 54.5 Å². The lowest BCUT2D eigenvalue weighted by atomic mass is 9.48. The maximum atomic E-state index is 13.8. The average molecular weight is 393 g/mol. The van der Waals surface area contributed by atoms with Crippen LogP contribution in [0.15, 0.2) is 72.8 Å². The van der Waals surface area contributed by atoms with E-state index in [9.17, 15) is 14.4 Å². The number of benzene rings is 3. The standard InChI is InChI=1S/C26H19NO3/c1-15-7-6-8-16(13-15)27-24(29)22-21-17-9-2-4-11-19(17)26(14-28,23(22)25(27)30)20-12-5-3-10-18(20)21/h2-14,21-23H,1H3/t21?,22-,23+,26?/m0/s1. The van der Waals surface area contributed by atoms with Crippen molar-refractivity contribution in [1.82, 2.24) is 0 Å². The molecule has 0 aromatic heterocycles. The van der Waals surface area contributed by atoms with Crippen molar-refractivity contribution >= 4 is 23.8 Å². The van der Waals surface area contributed by atoms with E-state index in [1.807, 2.05) is 73.7 Å². The van der Waals surface area contributed by atoms with E-state index in [4.69, 9.17) is 0 Å². The molecule has 0 radical (unpaired) electrons. The molecule has 3 aromatic carbocycles. The van der Waals surface area contributed by atoms with Gasteiger partial charge >= 0.3 is 0 Å². The molecule has 4 heteroatoms. The second kappa shape index (κ2) is 5.76. The quantitative estimate of drug-likeness (QED) is 0.492. The molecule has 0 unspecified atom stereocenters. The number of aldehydes is 1. The third kappa shape index (κ3) is 1.85. The number of anilines is 1. The van der Waals surface area contributed by atoms with Crippen molar-refractivity contribution in [1.29, 1.82) is 0 Å². The fourth-order valence-corrected chi connectivity index (χ4v) is 6.05. The number of nitrogens with zero attached hydrogens (tertiary/aromatic N) is 1. The Hall–Kier alpha value is -3.53. The van der Waals surface area contributed by atoms with Crippen LogP contribution in [-0.2, 0) is 19.8 Å². The van der Waals surface area contributed by atoms with E-state index >= 15 is 0 Å². The number of carbonyl (C=O) groups is 3. The molecule has 1 heterocycles. The molecule has 3 aliphatic carbocycles. The van der Waals surface area contributed by atoms with Gasteiger partial charge < -0.3 is 4.79 Å². The lowest BCUT2D eigenvalue weighted by molar-refractivity contribution is -0.128. The number of carbonyl (C=O) groups excluding carboxylic acids is 3. The molecule has 0 saturated carbocycles. The van der Waals surface area contributed by atoms with Crippen LogP contribution in [0.2, 0.25) is 0 Å². The second-order valence-corrected chi connectivity index (χ2v) is 8.49. The van der Waals surface area contributed by atoms with Crippen molar-refractivity contribution in [3.63, 3.8) is 0 Å². The zero-order valence-corrected chi connectivity index (χ0v) is 16.4. The predicted octanol–water partition coefficient (Wildman–Crippen LogP) is 3.74. The van der Waals surface area contributed by atoms with Gasteiger partial charge in [0, 0.05) is 5.92 Å². The van der Waals surface area contributed by atoms with Crippen molar-refractivity contribution in [2.75, 3.05) is 4.90 Å². The summed E-state index contributed by atoms with van der Waals surface area (Å²) in [6.07, 6.45) is 0.905. The Balaban J connectivity index is 1.66. The molecule has 1 saturated heterocycles. The first-order valence-electron chi connectivity index (χ1n) is 10.2. The molecule has 2 bridgehead atoms. The molecule has 1 fully saturated rings. The summed E-state index contributed by atoms with van der Waals surface area (Å²) in [6.45, 7) is 1.93. The third-order valence-corrected chi connectivity index (χ3v) is 7.13. The average Bonchev–Trinajstić information content (AvgIpc) is 3.05. The summed E-state index contributed by atoms with van der Waals surface area (Å²) in [5.74, 6) is -2.02. The molecular formula is C26H19NO3. The van der Waals surface area contributed by atoms with E-state index in [-0.39, 0.29) is 17.7 Å². The molecule has 7 rings (SSSR count). The van der Waals surface area contributed by atoms with Crippen LogP contribution in [0.5, 0.6) is 0 Å². The minimum atomic E-state index is -1.14. The second-order valence-electron chi connectivity index (χ2n) is 8.49. The number of aryl methyl sites for hydroxylation is 1. The molecule has 1 aliphatic heterocycles. The Kier molecular flexibility index (Phi) is 3.33. The molecule has 3 aromatic rings. The van der Waals surface area contributed by atoms with E-state index in [0.717, 1.165) is 34.1 Å². The molecule has 30 heavy (non-hydrogen) atoms. The summed E-state index contributed by atoms with van der Waals surface area (Å²) in [5.41, 5.74) is 4.09. The van der Waals surface area contributed by atoms with Crippen molar-refractivity contribution in [2.24, 2.45) is 11.8 Å². The van der Waals surface area contributed by atoms with E-state index in [1.54, 1.807) is 6.07 Å². The van der Waals surface area contributed by atoms with Crippen LogP contribution >= 0.6 is 0 Å². The third-order valence-electron chi connectivity index (χ3n) is 7.13. The zero-order valence-electron chi connectivity index (χ0n) is 16.4. The maximum absolute atomic E-state index is 13.8. The molecule has 2 atom stereocenters. The number of imide groups is 1. The molecule has 2 amide bonds. The molecule has 0 spiro atoms. The Labute approximate surface area is 174 Å². The number of hydrogen-bond acceptors (Lipinski definition) is 3. The van der Waals surface area contributed by atoms with Gasteiger partial charge in [0.15, 0.2) is 0 Å². The highest BCUT2D eigenvalue weighted by atomic mass is 16.2. The van der Waals surface area contributed by atoms with Crippen LogP contribution < -0.4 is 4.90 Å². The summed E-state index contributed by atoms with van der Waals surface area (Å²) in [4.78, 5) is 41.7. The van der Waals surface area contributed by atoms with Crippen LogP contribution in [0.4, 0.5) is 5.69 Å². The van der Waals surface area contributed by atoms with Gasteiger partial charge in [-0.2, -0.15) is 0 Å². The highest BCUT2D eigenvalue weighted by molar-refractivity contribution is 6.24. The van der Waals surface area contributed by atoms with Crippen molar-refractivity contribution in [2.45, 2.75) is 18.3 Å². The van der Waals surface area contributed by atoms with Crippen LogP contribution in [-0.4, -0.2) is 18.1 Å². The summed E-state index contributed by atoms with van der Waals surface area (Å²) >= 11 is 0. The minimum absolute atomic E-state index is 0.212. The van der Waals surface area contributed by atoms with Gasteiger partial charge in [0.05, 0.1) is 22.9 Å². The summed E-state index contributed by atoms with van der Waals surface area (Å²) in [5, 5.41) is 0. The van der Waals surface area contributed by atoms with Crippen molar-refractivity contribution in [3.05, 3.63) is 101 Å². The highest BCUT2D eigenvalue weighted by Crippen LogP contribution is 2.63. The summed E-state index contributed by atoms with van der Waals surface area (Å²) in [6, 6.07) is 23.0. The highest BCUT2D eigenvalue weighted by Gasteiger charge is 2.68. The first-order chi connectivity index (χ1) is 14.6. The van der Waals surface area contributed by atoms with Gasteiger partial charge in [-0.05, 0) is 46.9 Å². The molecule has 4 nitrogen and oxygen atoms in total. The Bertz CT molecular complexity index is 1210. The Morgan fingerprint density at radius 2 is 1.47 bits per heavy atom. The fraction of sp³-hybridized carbons (Fsp3) is 0.192. The Morgan fingerprint density at radius 3 is 2.07 bits per heavy atom. The fourth-order valence-electron chi connectivity index (χ4n) is 6.05. The summed E-state index contributed by atoms with van der Waals surface area (Å²) < 4.78 is 0. The van der Waals surface area contributed by atoms with Gasteiger partial charge in [-0.3, -0.25) is 9.59 Å². The van der Waals surface area contributed by atoms with Gasteiger partial charge in [0.2, 0.25) is 11.8 Å². The molecule has 4 aliphatic rings. The van der Waals surface area contributed by atoms with E-state index < -0.39 is 17.3 Å². The minimum Gasteiger partial charge on any atom is -0.302 e. The smallest absolute Gasteiger partial charge is 0.239 e.